The number of aliphatic hydroxyl groups is 3. The number of fused-ring (bicyclic) bond motifs is 1. The number of aliphatic imine (C=N–C) groups is 1. The molecule has 1 aromatic heterocycles. The van der Waals surface area contributed by atoms with Crippen LogP contribution in [-0.2, 0) is 6.42 Å². The summed E-state index contributed by atoms with van der Waals surface area (Å²) in [5.74, 6) is 6.93. The van der Waals surface area contributed by atoms with E-state index >= 15 is 0 Å². The molecule has 202 valence electrons. The van der Waals surface area contributed by atoms with Crippen molar-refractivity contribution in [3.05, 3.63) is 47.7 Å². The van der Waals surface area contributed by atoms with Crippen molar-refractivity contribution in [2.45, 2.75) is 81.6 Å². The van der Waals surface area contributed by atoms with E-state index in [1.54, 1.807) is 7.05 Å². The third-order valence-electron chi connectivity index (χ3n) is 10.3. The van der Waals surface area contributed by atoms with Gasteiger partial charge in [-0.25, -0.2) is 0 Å². The lowest BCUT2D eigenvalue weighted by molar-refractivity contribution is -0.106. The first-order chi connectivity index (χ1) is 18.1. The van der Waals surface area contributed by atoms with Gasteiger partial charge in [-0.1, -0.05) is 41.7 Å². The topological polar surface area (TPSA) is 127 Å². The number of hydrogen-bond donors (Lipinski definition) is 6. The van der Waals surface area contributed by atoms with Crippen LogP contribution >= 0.6 is 0 Å². The summed E-state index contributed by atoms with van der Waals surface area (Å²) >= 11 is 0. The molecule has 2 fully saturated rings. The van der Waals surface area contributed by atoms with E-state index in [-0.39, 0.29) is 35.5 Å². The Morgan fingerprint density at radius 1 is 1.18 bits per heavy atom. The largest absolute Gasteiger partial charge is 0.390 e. The second-order valence-electron chi connectivity index (χ2n) is 12.4. The molecule has 0 unspecified atom stereocenters. The number of nitrogens with one attached hydrogen (secondary N) is 2. The summed E-state index contributed by atoms with van der Waals surface area (Å²) in [6.45, 7) is 1.90. The van der Waals surface area contributed by atoms with E-state index in [0.717, 1.165) is 31.2 Å². The minimum absolute atomic E-state index is 0.0885. The maximum absolute atomic E-state index is 12.2. The van der Waals surface area contributed by atoms with E-state index in [4.69, 9.17) is 5.73 Å². The van der Waals surface area contributed by atoms with Crippen molar-refractivity contribution < 1.29 is 15.3 Å². The smallest absolute Gasteiger partial charge is 0.189 e. The van der Waals surface area contributed by atoms with Crippen LogP contribution in [0.3, 0.4) is 0 Å². The highest BCUT2D eigenvalue weighted by Gasteiger charge is 2.63. The molecule has 1 spiro atoms. The third-order valence-corrected chi connectivity index (χ3v) is 10.3. The first kappa shape index (κ1) is 25.5. The van der Waals surface area contributed by atoms with Crippen molar-refractivity contribution in [2.24, 2.45) is 33.9 Å². The number of aliphatic hydroxyl groups excluding tert-OH is 1. The van der Waals surface area contributed by atoms with Gasteiger partial charge in [0.1, 0.15) is 0 Å². The van der Waals surface area contributed by atoms with E-state index in [9.17, 15) is 15.3 Å². The van der Waals surface area contributed by atoms with Crippen LogP contribution in [0, 0.1) is 35.0 Å². The van der Waals surface area contributed by atoms with Crippen LogP contribution in [0.1, 0.15) is 57.6 Å². The summed E-state index contributed by atoms with van der Waals surface area (Å²) in [5, 5.41) is 39.6. The number of aromatic amines is 1. The van der Waals surface area contributed by atoms with Gasteiger partial charge in [0.25, 0.3) is 0 Å². The van der Waals surface area contributed by atoms with Gasteiger partial charge in [-0.05, 0) is 74.8 Å². The molecular formula is C31H40N4O3. The zero-order valence-electron chi connectivity index (χ0n) is 22.4. The summed E-state index contributed by atoms with van der Waals surface area (Å²) in [7, 11) is 1.62. The van der Waals surface area contributed by atoms with Crippen molar-refractivity contribution in [3.63, 3.8) is 0 Å². The molecule has 2 saturated carbocycles. The number of benzene rings is 1. The lowest BCUT2D eigenvalue weighted by Gasteiger charge is -2.46. The Kier molecular flexibility index (Phi) is 6.14. The predicted octanol–water partition coefficient (Wildman–Crippen LogP) is 3.01. The fourth-order valence-corrected chi connectivity index (χ4v) is 8.19. The number of para-hydroxylation sites is 1. The second-order valence-corrected chi connectivity index (χ2v) is 12.4. The molecule has 4 aliphatic carbocycles. The van der Waals surface area contributed by atoms with Crippen LogP contribution in [0.5, 0.6) is 0 Å². The monoisotopic (exact) mass is 516 g/mol. The molecule has 2 bridgehead atoms. The SMILES string of the molecule is CN=C(N)N[C@@H]1C#C[C@H]2CCC=C(Cc3cc4ccccc4[nH]3)[C@]23CC[C@@](C)(O)[C@H]2C[C@H](O)[C@@](O)(C1)[C@H]2C3. The molecule has 7 N–H and O–H groups in total. The van der Waals surface area contributed by atoms with Gasteiger partial charge in [-0.15, -0.1) is 0 Å². The lowest BCUT2D eigenvalue weighted by atomic mass is 9.58. The Bertz CT molecular complexity index is 1320. The highest BCUT2D eigenvalue weighted by Crippen LogP contribution is 2.62. The fraction of sp³-hybridized carbons (Fsp3) is 0.581. The molecular weight excluding hydrogens is 476 g/mol. The van der Waals surface area contributed by atoms with Crippen molar-refractivity contribution in [3.8, 4) is 11.8 Å². The lowest BCUT2D eigenvalue weighted by Crippen LogP contribution is -2.52. The fourth-order valence-electron chi connectivity index (χ4n) is 8.19. The Hall–Kier alpha value is -2.79. The number of H-pyrrole nitrogens is 1. The number of aromatic nitrogens is 1. The van der Waals surface area contributed by atoms with Crippen molar-refractivity contribution >= 4 is 16.9 Å². The van der Waals surface area contributed by atoms with Crippen LogP contribution in [0.15, 0.2) is 47.0 Å². The molecule has 1 aromatic carbocycles. The average Bonchev–Trinajstić information content (AvgIpc) is 3.38. The van der Waals surface area contributed by atoms with Gasteiger partial charge in [-0.2, -0.15) is 0 Å². The van der Waals surface area contributed by atoms with E-state index in [2.05, 4.69) is 57.5 Å². The molecule has 7 nitrogen and oxygen atoms in total. The Morgan fingerprint density at radius 3 is 2.79 bits per heavy atom. The number of guanidine groups is 1. The van der Waals surface area contributed by atoms with Crippen molar-refractivity contribution in [1.29, 1.82) is 0 Å². The van der Waals surface area contributed by atoms with Gasteiger partial charge in [0, 0.05) is 42.4 Å². The molecule has 1 heterocycles. The summed E-state index contributed by atoms with van der Waals surface area (Å²) in [5.41, 5.74) is 7.02. The van der Waals surface area contributed by atoms with Gasteiger partial charge in [0.15, 0.2) is 5.96 Å². The van der Waals surface area contributed by atoms with Gasteiger partial charge >= 0.3 is 0 Å². The summed E-state index contributed by atoms with van der Waals surface area (Å²) in [6.07, 6.45) is 6.87. The molecule has 0 amide bonds. The van der Waals surface area contributed by atoms with Crippen LogP contribution in [0.2, 0.25) is 0 Å². The highest BCUT2D eigenvalue weighted by atomic mass is 16.3. The zero-order chi connectivity index (χ0) is 26.7. The maximum Gasteiger partial charge on any atom is 0.189 e. The maximum atomic E-state index is 12.2. The van der Waals surface area contributed by atoms with E-state index in [1.807, 2.05) is 13.0 Å². The molecule has 0 radical (unpaired) electrons. The van der Waals surface area contributed by atoms with E-state index < -0.39 is 23.3 Å². The zero-order valence-corrected chi connectivity index (χ0v) is 22.4. The molecule has 0 saturated heterocycles. The molecule has 8 atom stereocenters. The van der Waals surface area contributed by atoms with Gasteiger partial charge in [-0.3, -0.25) is 4.99 Å². The quantitative estimate of drug-likeness (QED) is 0.162. The van der Waals surface area contributed by atoms with Crippen molar-refractivity contribution in [1.82, 2.24) is 10.3 Å². The van der Waals surface area contributed by atoms with Crippen LogP contribution < -0.4 is 11.1 Å². The summed E-state index contributed by atoms with van der Waals surface area (Å²) in [4.78, 5) is 7.65. The number of hydrogen-bond acceptors (Lipinski definition) is 4. The van der Waals surface area contributed by atoms with E-state index in [1.165, 1.54) is 16.7 Å². The highest BCUT2D eigenvalue weighted by molar-refractivity contribution is 5.80. The minimum atomic E-state index is -1.38. The molecule has 6 rings (SSSR count). The first-order valence-electron chi connectivity index (χ1n) is 14.0. The first-order valence-corrected chi connectivity index (χ1v) is 14.0. The molecule has 0 aliphatic heterocycles. The summed E-state index contributed by atoms with van der Waals surface area (Å²) < 4.78 is 0. The number of nitrogens with two attached hydrogens (primary N) is 1. The van der Waals surface area contributed by atoms with E-state index in [0.29, 0.717) is 19.3 Å². The third kappa shape index (κ3) is 4.05. The number of allylic oxidation sites excluding steroid dienone is 2. The van der Waals surface area contributed by atoms with Crippen LogP contribution in [0.4, 0.5) is 0 Å². The van der Waals surface area contributed by atoms with Gasteiger partial charge in [0.2, 0.25) is 0 Å². The van der Waals surface area contributed by atoms with Crippen LogP contribution in [-0.4, -0.2) is 56.7 Å². The van der Waals surface area contributed by atoms with Crippen LogP contribution in [0.25, 0.3) is 10.9 Å². The number of rotatable bonds is 3. The Morgan fingerprint density at radius 2 is 2.00 bits per heavy atom. The standard InChI is InChI=1S/C31H40N4O3/c1-29(37)12-13-30-18-25-24(29)16-27(36)31(25,38)17-22(35-28(32)33-2)11-10-20(30)7-5-8-21(30)15-23-14-19-6-3-4-9-26(19)34-23/h3-4,6,8-9,14,20,22,24-25,27,34,36-38H,5,7,12-13,15-18H2,1-2H3,(H3,32,33,35)/t20-,22-,24+,25+,27+,29-,30+,31-/m1/s1. The summed E-state index contributed by atoms with van der Waals surface area (Å²) in [6, 6.07) is 10.1. The molecule has 38 heavy (non-hydrogen) atoms. The predicted molar refractivity (Wildman–Crippen MR) is 149 cm³/mol. The van der Waals surface area contributed by atoms with Crippen molar-refractivity contribution in [2.75, 3.05) is 7.05 Å². The second kappa shape index (κ2) is 9.15. The number of nitrogens with zero attached hydrogens (tertiary/aromatic N) is 1. The molecule has 2 aromatic rings. The van der Waals surface area contributed by atoms with Gasteiger partial charge < -0.3 is 31.4 Å². The Balaban J connectivity index is 1.47. The molecule has 4 aliphatic rings. The Labute approximate surface area is 224 Å². The minimum Gasteiger partial charge on any atom is -0.390 e. The molecule has 7 heteroatoms. The normalized spacial score (nSPS) is 40.6. The average molecular weight is 517 g/mol. The van der Waals surface area contributed by atoms with Gasteiger partial charge in [0.05, 0.1) is 23.3 Å².